The van der Waals surface area contributed by atoms with E-state index in [4.69, 9.17) is 0 Å². The molecule has 5 aromatic rings. The number of unbranched alkanes of at least 4 members (excludes halogenated alkanes) is 4. The lowest BCUT2D eigenvalue weighted by Crippen LogP contribution is -1.99. The van der Waals surface area contributed by atoms with Crippen molar-refractivity contribution in [2.45, 2.75) is 78.1 Å². The standard InChI is InChI=1S/C41H43N/c1-6-8-10-12-14-36(32-20-16-30(3)17-21-32)34-24-26-40-38(28-34)39-29-35(25-27-41(39)42(40)5)37(15-13-11-9-7-2)33-22-18-31(4)19-23-33/h16-29,36-37H,6-11H2,1-5H3. The van der Waals surface area contributed by atoms with E-state index in [-0.39, 0.29) is 11.8 Å². The minimum atomic E-state index is 0.0510. The molecule has 2 atom stereocenters. The highest BCUT2D eigenvalue weighted by molar-refractivity contribution is 6.08. The zero-order chi connectivity index (χ0) is 29.5. The quantitative estimate of drug-likeness (QED) is 0.134. The van der Waals surface area contributed by atoms with Crippen LogP contribution in [0, 0.1) is 37.5 Å². The van der Waals surface area contributed by atoms with Crippen molar-refractivity contribution in [2.75, 3.05) is 0 Å². The van der Waals surface area contributed by atoms with E-state index in [1.807, 2.05) is 0 Å². The zero-order valence-electron chi connectivity index (χ0n) is 25.9. The summed E-state index contributed by atoms with van der Waals surface area (Å²) >= 11 is 0. The highest BCUT2D eigenvalue weighted by atomic mass is 14.9. The van der Waals surface area contributed by atoms with Gasteiger partial charge < -0.3 is 4.57 Å². The Morgan fingerprint density at radius 1 is 0.548 bits per heavy atom. The van der Waals surface area contributed by atoms with Gasteiger partial charge in [-0.25, -0.2) is 0 Å². The fourth-order valence-electron chi connectivity index (χ4n) is 5.73. The fourth-order valence-corrected chi connectivity index (χ4v) is 5.73. The van der Waals surface area contributed by atoms with Gasteiger partial charge in [-0.2, -0.15) is 0 Å². The largest absolute Gasteiger partial charge is 0.344 e. The first-order valence-corrected chi connectivity index (χ1v) is 15.6. The predicted octanol–water partition coefficient (Wildman–Crippen LogP) is 10.6. The molecule has 0 fully saturated rings. The molecule has 0 saturated heterocycles. The van der Waals surface area contributed by atoms with Crippen LogP contribution < -0.4 is 0 Å². The maximum absolute atomic E-state index is 3.64. The van der Waals surface area contributed by atoms with E-state index in [0.717, 1.165) is 25.7 Å². The number of hydrogen-bond acceptors (Lipinski definition) is 0. The van der Waals surface area contributed by atoms with E-state index in [1.165, 1.54) is 68.0 Å². The van der Waals surface area contributed by atoms with Gasteiger partial charge in [0.25, 0.3) is 0 Å². The summed E-state index contributed by atoms with van der Waals surface area (Å²) in [5.41, 5.74) is 10.1. The van der Waals surface area contributed by atoms with Crippen LogP contribution in [0.15, 0.2) is 84.9 Å². The monoisotopic (exact) mass is 549 g/mol. The third-order valence-corrected chi connectivity index (χ3v) is 8.35. The van der Waals surface area contributed by atoms with Crippen molar-refractivity contribution < 1.29 is 0 Å². The molecule has 1 heterocycles. The number of rotatable bonds is 8. The van der Waals surface area contributed by atoms with Gasteiger partial charge >= 0.3 is 0 Å². The van der Waals surface area contributed by atoms with Crippen LogP contribution >= 0.6 is 0 Å². The van der Waals surface area contributed by atoms with E-state index < -0.39 is 0 Å². The average Bonchev–Trinajstić information content (AvgIpc) is 3.29. The Morgan fingerprint density at radius 2 is 0.929 bits per heavy atom. The minimum absolute atomic E-state index is 0.0510. The van der Waals surface area contributed by atoms with Crippen molar-refractivity contribution >= 4 is 21.8 Å². The molecule has 0 radical (unpaired) electrons. The van der Waals surface area contributed by atoms with Gasteiger partial charge in [0.05, 0.1) is 11.8 Å². The molecule has 0 N–H and O–H groups in total. The molecule has 0 saturated carbocycles. The number of nitrogens with zero attached hydrogens (tertiary/aromatic N) is 1. The third kappa shape index (κ3) is 6.48. The lowest BCUT2D eigenvalue weighted by atomic mass is 9.89. The number of hydrogen-bond donors (Lipinski definition) is 0. The molecule has 42 heavy (non-hydrogen) atoms. The Labute approximate surface area is 253 Å². The smallest absolute Gasteiger partial charge is 0.0702 e. The molecule has 0 aliphatic heterocycles. The molecule has 212 valence electrons. The van der Waals surface area contributed by atoms with Gasteiger partial charge in [0, 0.05) is 41.7 Å². The predicted molar refractivity (Wildman–Crippen MR) is 181 cm³/mol. The topological polar surface area (TPSA) is 4.93 Å². The van der Waals surface area contributed by atoms with E-state index >= 15 is 0 Å². The van der Waals surface area contributed by atoms with Gasteiger partial charge in [-0.05, 0) is 73.2 Å². The molecule has 0 bridgehead atoms. The molecule has 0 spiro atoms. The molecular formula is C41H43N. The van der Waals surface area contributed by atoms with Crippen molar-refractivity contribution in [1.82, 2.24) is 4.57 Å². The van der Waals surface area contributed by atoms with E-state index in [2.05, 4.69) is 148 Å². The van der Waals surface area contributed by atoms with Crippen molar-refractivity contribution in [1.29, 1.82) is 0 Å². The maximum Gasteiger partial charge on any atom is 0.0702 e. The Kier molecular flexibility index (Phi) is 9.52. The first-order valence-electron chi connectivity index (χ1n) is 15.6. The highest BCUT2D eigenvalue weighted by Crippen LogP contribution is 2.35. The summed E-state index contributed by atoms with van der Waals surface area (Å²) in [5, 5.41) is 2.56. The highest BCUT2D eigenvalue weighted by Gasteiger charge is 2.18. The van der Waals surface area contributed by atoms with Gasteiger partial charge in [-0.1, -0.05) is 110 Å². The molecule has 0 aliphatic rings. The van der Waals surface area contributed by atoms with E-state index in [0.29, 0.717) is 0 Å². The number of fused-ring (bicyclic) bond motifs is 3. The number of aromatic nitrogens is 1. The Morgan fingerprint density at radius 3 is 1.31 bits per heavy atom. The summed E-state index contributed by atoms with van der Waals surface area (Å²) in [6.45, 7) is 8.73. The lowest BCUT2D eigenvalue weighted by Gasteiger charge is -2.14. The van der Waals surface area contributed by atoms with Gasteiger partial charge in [0.1, 0.15) is 0 Å². The van der Waals surface area contributed by atoms with Crippen LogP contribution in [0.1, 0.15) is 97.6 Å². The summed E-state index contributed by atoms with van der Waals surface area (Å²) in [5.74, 6) is 14.4. The van der Waals surface area contributed by atoms with E-state index in [9.17, 15) is 0 Å². The zero-order valence-corrected chi connectivity index (χ0v) is 25.9. The molecule has 0 amide bonds. The van der Waals surface area contributed by atoms with Crippen LogP contribution in [0.2, 0.25) is 0 Å². The molecule has 1 heteroatoms. The van der Waals surface area contributed by atoms with Crippen LogP contribution in [0.4, 0.5) is 0 Å². The summed E-state index contributed by atoms with van der Waals surface area (Å²) in [7, 11) is 2.17. The molecular weight excluding hydrogens is 506 g/mol. The van der Waals surface area contributed by atoms with Crippen LogP contribution in [-0.4, -0.2) is 4.57 Å². The lowest BCUT2D eigenvalue weighted by molar-refractivity contribution is 0.827. The molecule has 1 nitrogen and oxygen atoms in total. The van der Waals surface area contributed by atoms with Crippen LogP contribution in [0.25, 0.3) is 21.8 Å². The summed E-state index contributed by atoms with van der Waals surface area (Å²) in [6, 6.07) is 31.6. The third-order valence-electron chi connectivity index (χ3n) is 8.35. The van der Waals surface area contributed by atoms with Crippen molar-refractivity contribution in [3.05, 3.63) is 118 Å². The Bertz CT molecular complexity index is 1640. The van der Waals surface area contributed by atoms with Gasteiger partial charge in [0.2, 0.25) is 0 Å². The average molecular weight is 550 g/mol. The minimum Gasteiger partial charge on any atom is -0.344 e. The van der Waals surface area contributed by atoms with Crippen LogP contribution in [-0.2, 0) is 7.05 Å². The fraction of sp³-hybridized carbons (Fsp3) is 0.317. The van der Waals surface area contributed by atoms with Gasteiger partial charge in [0.15, 0.2) is 0 Å². The summed E-state index contributed by atoms with van der Waals surface area (Å²) in [6.07, 6.45) is 6.50. The van der Waals surface area contributed by atoms with Gasteiger partial charge in [-0.15, -0.1) is 11.8 Å². The molecule has 2 unspecified atom stereocenters. The Hall–Kier alpha value is -4.20. The van der Waals surface area contributed by atoms with Gasteiger partial charge in [-0.3, -0.25) is 0 Å². The number of benzene rings is 4. The van der Waals surface area contributed by atoms with Crippen LogP contribution in [0.3, 0.4) is 0 Å². The SMILES string of the molecule is CCCCC#CC(c1ccc(C)cc1)c1ccc2c(c1)c1cc(C(C#CCCCC)c3ccc(C)cc3)ccc1n2C. The molecule has 4 aromatic carbocycles. The second-order valence-electron chi connectivity index (χ2n) is 11.6. The second kappa shape index (κ2) is 13.6. The molecule has 0 aliphatic carbocycles. The van der Waals surface area contributed by atoms with Crippen molar-refractivity contribution in [2.24, 2.45) is 7.05 Å². The first kappa shape index (κ1) is 29.3. The second-order valence-corrected chi connectivity index (χ2v) is 11.6. The van der Waals surface area contributed by atoms with Crippen LogP contribution in [0.5, 0.6) is 0 Å². The van der Waals surface area contributed by atoms with Crippen molar-refractivity contribution in [3.8, 4) is 23.7 Å². The summed E-state index contributed by atoms with van der Waals surface area (Å²) in [4.78, 5) is 0. The maximum atomic E-state index is 3.64. The first-order chi connectivity index (χ1) is 20.5. The van der Waals surface area contributed by atoms with Crippen molar-refractivity contribution in [3.63, 3.8) is 0 Å². The molecule has 1 aromatic heterocycles. The van der Waals surface area contributed by atoms with E-state index in [1.54, 1.807) is 0 Å². The molecule has 5 rings (SSSR count). The number of aryl methyl sites for hydroxylation is 3. The Balaban J connectivity index is 1.63. The summed E-state index contributed by atoms with van der Waals surface area (Å²) < 4.78 is 2.32. The normalized spacial score (nSPS) is 12.4.